The van der Waals surface area contributed by atoms with Crippen molar-refractivity contribution in [2.75, 3.05) is 19.6 Å². The fraction of sp³-hybridized carbons (Fsp3) is 0.423. The Morgan fingerprint density at radius 1 is 1.03 bits per heavy atom. The highest BCUT2D eigenvalue weighted by molar-refractivity contribution is 5.97. The highest BCUT2D eigenvalue weighted by atomic mass is 19.1. The van der Waals surface area contributed by atoms with E-state index >= 15 is 0 Å². The normalized spacial score (nSPS) is 15.2. The molecule has 0 bridgehead atoms. The van der Waals surface area contributed by atoms with Crippen LogP contribution in [0.25, 0.3) is 0 Å². The smallest absolute Gasteiger partial charge is 0.253 e. The van der Waals surface area contributed by atoms with E-state index < -0.39 is 11.9 Å². The Balaban J connectivity index is 1.68. The minimum Gasteiger partial charge on any atom is -0.354 e. The maximum absolute atomic E-state index is 13.5. The van der Waals surface area contributed by atoms with Crippen LogP contribution in [0.1, 0.15) is 53.0 Å². The molecular formula is C26H32FN3O3. The molecule has 1 heterocycles. The van der Waals surface area contributed by atoms with Gasteiger partial charge in [0.25, 0.3) is 11.8 Å². The molecule has 6 nitrogen and oxygen atoms in total. The molecule has 33 heavy (non-hydrogen) atoms. The average molecular weight is 454 g/mol. The second-order valence-corrected chi connectivity index (χ2v) is 9.10. The Morgan fingerprint density at radius 3 is 2.30 bits per heavy atom. The largest absolute Gasteiger partial charge is 0.354 e. The molecule has 1 saturated heterocycles. The molecule has 1 unspecified atom stereocenters. The van der Waals surface area contributed by atoms with E-state index in [4.69, 9.17) is 0 Å². The van der Waals surface area contributed by atoms with E-state index in [-0.39, 0.29) is 29.6 Å². The first-order valence-corrected chi connectivity index (χ1v) is 11.4. The van der Waals surface area contributed by atoms with Gasteiger partial charge in [-0.2, -0.15) is 0 Å². The molecule has 2 aromatic rings. The van der Waals surface area contributed by atoms with Crippen LogP contribution in [-0.2, 0) is 4.79 Å². The van der Waals surface area contributed by atoms with Crippen LogP contribution in [0.3, 0.4) is 0 Å². The highest BCUT2D eigenvalue weighted by Gasteiger charge is 2.34. The summed E-state index contributed by atoms with van der Waals surface area (Å²) in [6.45, 7) is 7.37. The van der Waals surface area contributed by atoms with Crippen molar-refractivity contribution in [1.82, 2.24) is 15.5 Å². The quantitative estimate of drug-likeness (QED) is 0.673. The van der Waals surface area contributed by atoms with E-state index in [1.165, 1.54) is 18.2 Å². The molecular weight excluding hydrogens is 421 g/mol. The Bertz CT molecular complexity index is 983. The fourth-order valence-corrected chi connectivity index (χ4v) is 3.98. The van der Waals surface area contributed by atoms with Crippen molar-refractivity contribution >= 4 is 17.7 Å². The van der Waals surface area contributed by atoms with Gasteiger partial charge in [0, 0.05) is 30.8 Å². The van der Waals surface area contributed by atoms with Gasteiger partial charge in [0.1, 0.15) is 11.9 Å². The zero-order valence-electron chi connectivity index (χ0n) is 19.4. The molecule has 2 aromatic carbocycles. The van der Waals surface area contributed by atoms with Crippen molar-refractivity contribution in [3.05, 3.63) is 71.0 Å². The summed E-state index contributed by atoms with van der Waals surface area (Å²) in [5.74, 6) is -0.998. The van der Waals surface area contributed by atoms with Gasteiger partial charge >= 0.3 is 0 Å². The number of nitrogens with one attached hydrogen (secondary N) is 2. The van der Waals surface area contributed by atoms with Crippen molar-refractivity contribution in [3.8, 4) is 0 Å². The Morgan fingerprint density at radius 2 is 1.70 bits per heavy atom. The van der Waals surface area contributed by atoms with E-state index in [1.54, 1.807) is 23.1 Å². The lowest BCUT2D eigenvalue weighted by molar-refractivity contribution is -0.124. The standard InChI is InChI=1S/C26H32FN3O3/c1-17(2)16-28-25(32)23(29-24(31)20-9-7-18(3)8-10-20)19-11-13-30(14-12-19)26(33)21-5-4-6-22(27)15-21/h4-10,15,17,19,23H,11-14,16H2,1-3H3,(H,28,32)(H,29,31). The summed E-state index contributed by atoms with van der Waals surface area (Å²) in [5, 5.41) is 5.86. The third-order valence-electron chi connectivity index (χ3n) is 5.94. The van der Waals surface area contributed by atoms with E-state index in [0.717, 1.165) is 5.56 Å². The summed E-state index contributed by atoms with van der Waals surface area (Å²) in [4.78, 5) is 40.3. The molecule has 1 aliphatic rings. The number of amides is 3. The first-order chi connectivity index (χ1) is 15.7. The monoisotopic (exact) mass is 453 g/mol. The van der Waals surface area contributed by atoms with Gasteiger partial charge in [0.05, 0.1) is 0 Å². The second kappa shape index (κ2) is 11.1. The molecule has 3 amide bonds. The van der Waals surface area contributed by atoms with Crippen LogP contribution in [0.2, 0.25) is 0 Å². The summed E-state index contributed by atoms with van der Waals surface area (Å²) in [5.41, 5.74) is 1.86. The lowest BCUT2D eigenvalue weighted by atomic mass is 9.88. The number of hydrogen-bond donors (Lipinski definition) is 2. The number of piperidine rings is 1. The summed E-state index contributed by atoms with van der Waals surface area (Å²) in [6, 6.07) is 12.2. The molecule has 1 aliphatic heterocycles. The molecule has 1 atom stereocenters. The zero-order valence-corrected chi connectivity index (χ0v) is 19.4. The van der Waals surface area contributed by atoms with Crippen LogP contribution >= 0.6 is 0 Å². The van der Waals surface area contributed by atoms with Gasteiger partial charge in [0.15, 0.2) is 0 Å². The molecule has 176 valence electrons. The Labute approximate surface area is 194 Å². The van der Waals surface area contributed by atoms with E-state index in [1.807, 2.05) is 32.9 Å². The van der Waals surface area contributed by atoms with Crippen LogP contribution in [0.4, 0.5) is 4.39 Å². The predicted molar refractivity (Wildman–Crippen MR) is 125 cm³/mol. The van der Waals surface area contributed by atoms with Gasteiger partial charge in [-0.3, -0.25) is 14.4 Å². The summed E-state index contributed by atoms with van der Waals surface area (Å²) in [6.07, 6.45) is 1.13. The topological polar surface area (TPSA) is 78.5 Å². The number of benzene rings is 2. The van der Waals surface area contributed by atoms with Crippen LogP contribution in [-0.4, -0.2) is 48.3 Å². The molecule has 0 aliphatic carbocycles. The van der Waals surface area contributed by atoms with Gasteiger partial charge in [-0.15, -0.1) is 0 Å². The Hall–Kier alpha value is -3.22. The fourth-order valence-electron chi connectivity index (χ4n) is 3.98. The minimum absolute atomic E-state index is 0.108. The molecule has 1 fully saturated rings. The molecule has 7 heteroatoms. The average Bonchev–Trinajstić information content (AvgIpc) is 2.81. The van der Waals surface area contributed by atoms with Gasteiger partial charge in [0.2, 0.25) is 5.91 Å². The summed E-state index contributed by atoms with van der Waals surface area (Å²) < 4.78 is 13.5. The van der Waals surface area contributed by atoms with E-state index in [2.05, 4.69) is 10.6 Å². The lowest BCUT2D eigenvalue weighted by Gasteiger charge is -2.36. The van der Waals surface area contributed by atoms with Crippen molar-refractivity contribution < 1.29 is 18.8 Å². The van der Waals surface area contributed by atoms with Gasteiger partial charge < -0.3 is 15.5 Å². The third kappa shape index (κ3) is 6.63. The number of carbonyl (C=O) groups excluding carboxylic acids is 3. The summed E-state index contributed by atoms with van der Waals surface area (Å²) in [7, 11) is 0. The number of aryl methyl sites for hydroxylation is 1. The van der Waals surface area contributed by atoms with Crippen molar-refractivity contribution in [1.29, 1.82) is 0 Å². The number of likely N-dealkylation sites (tertiary alicyclic amines) is 1. The second-order valence-electron chi connectivity index (χ2n) is 9.10. The molecule has 0 spiro atoms. The van der Waals surface area contributed by atoms with Crippen LogP contribution in [0, 0.1) is 24.6 Å². The Kier molecular flexibility index (Phi) is 8.20. The van der Waals surface area contributed by atoms with Crippen molar-refractivity contribution in [2.24, 2.45) is 11.8 Å². The summed E-state index contributed by atoms with van der Waals surface area (Å²) >= 11 is 0. The third-order valence-corrected chi connectivity index (χ3v) is 5.94. The van der Waals surface area contributed by atoms with Crippen LogP contribution in [0.5, 0.6) is 0 Å². The maximum atomic E-state index is 13.5. The van der Waals surface area contributed by atoms with E-state index in [0.29, 0.717) is 43.6 Å². The lowest BCUT2D eigenvalue weighted by Crippen LogP contribution is -2.54. The van der Waals surface area contributed by atoms with Crippen LogP contribution in [0.15, 0.2) is 48.5 Å². The SMILES string of the molecule is Cc1ccc(C(=O)NC(C(=O)NCC(C)C)C2CCN(C(=O)c3cccc(F)c3)CC2)cc1. The maximum Gasteiger partial charge on any atom is 0.253 e. The molecule has 0 aromatic heterocycles. The van der Waals surface area contributed by atoms with Crippen molar-refractivity contribution in [3.63, 3.8) is 0 Å². The number of hydrogen-bond acceptors (Lipinski definition) is 3. The minimum atomic E-state index is -0.691. The van der Waals surface area contributed by atoms with E-state index in [9.17, 15) is 18.8 Å². The number of nitrogens with zero attached hydrogens (tertiary/aromatic N) is 1. The highest BCUT2D eigenvalue weighted by Crippen LogP contribution is 2.23. The van der Waals surface area contributed by atoms with Gasteiger partial charge in [-0.1, -0.05) is 37.6 Å². The molecule has 2 N–H and O–H groups in total. The first kappa shape index (κ1) is 24.4. The number of halogens is 1. The zero-order chi connectivity index (χ0) is 24.0. The number of rotatable bonds is 7. The predicted octanol–water partition coefficient (Wildman–Crippen LogP) is 3.56. The van der Waals surface area contributed by atoms with Crippen molar-refractivity contribution in [2.45, 2.75) is 39.7 Å². The molecule has 0 saturated carbocycles. The van der Waals surface area contributed by atoms with Crippen LogP contribution < -0.4 is 10.6 Å². The van der Waals surface area contributed by atoms with Gasteiger partial charge in [-0.25, -0.2) is 4.39 Å². The first-order valence-electron chi connectivity index (χ1n) is 11.4. The molecule has 3 rings (SSSR count). The number of carbonyl (C=O) groups is 3. The van der Waals surface area contributed by atoms with Gasteiger partial charge in [-0.05, 0) is 61.9 Å². The molecule has 0 radical (unpaired) electrons.